The van der Waals surface area contributed by atoms with Crippen LogP contribution in [0.15, 0.2) is 0 Å². The average Bonchev–Trinajstić information content (AvgIpc) is 1.87. The quantitative estimate of drug-likeness (QED) is 0.496. The monoisotopic (exact) mass is 112 g/mol. The van der Waals surface area contributed by atoms with Crippen LogP contribution in [-0.2, 0) is 0 Å². The summed E-state index contributed by atoms with van der Waals surface area (Å²) in [6.07, 6.45) is 0. The molecule has 0 aliphatic heterocycles. The molecule has 0 fully saturated rings. The van der Waals surface area contributed by atoms with Gasteiger partial charge in [0, 0.05) is 0 Å². The highest BCUT2D eigenvalue weighted by atomic mass is 32.1. The predicted molar refractivity (Wildman–Crippen MR) is 30.4 cm³/mol. The number of aromatic nitrogens is 1. The number of hydrogen-bond acceptors (Lipinski definition) is 2. The van der Waals surface area contributed by atoms with Gasteiger partial charge < -0.3 is 0 Å². The van der Waals surface area contributed by atoms with E-state index in [1.807, 2.05) is 13.8 Å². The Labute approximate surface area is 47.0 Å². The lowest BCUT2D eigenvalue weighted by atomic mass is 10.6. The number of aryl methyl sites for hydroxylation is 2. The van der Waals surface area contributed by atoms with E-state index < -0.39 is 0 Å². The highest BCUT2D eigenvalue weighted by Gasteiger charge is 1.87. The standard InChI is InChI=1S/C5H6NS/c1-4-3-7-5(2)6-4/h1-2H3. The van der Waals surface area contributed by atoms with E-state index in [2.05, 4.69) is 10.4 Å². The van der Waals surface area contributed by atoms with Crippen molar-refractivity contribution in [1.82, 2.24) is 4.98 Å². The summed E-state index contributed by atoms with van der Waals surface area (Å²) >= 11 is 1.57. The van der Waals surface area contributed by atoms with Crippen molar-refractivity contribution in [3.05, 3.63) is 16.1 Å². The number of nitrogens with zero attached hydrogens (tertiary/aromatic N) is 1. The summed E-state index contributed by atoms with van der Waals surface area (Å²) in [5.74, 6) is 0. The van der Waals surface area contributed by atoms with Crippen molar-refractivity contribution in [3.63, 3.8) is 0 Å². The van der Waals surface area contributed by atoms with Crippen molar-refractivity contribution < 1.29 is 0 Å². The molecule has 0 atom stereocenters. The van der Waals surface area contributed by atoms with Gasteiger partial charge in [-0.25, -0.2) is 4.98 Å². The van der Waals surface area contributed by atoms with Gasteiger partial charge in [-0.05, 0) is 13.8 Å². The van der Waals surface area contributed by atoms with Crippen LogP contribution in [0.2, 0.25) is 0 Å². The molecule has 0 unspecified atom stereocenters. The van der Waals surface area contributed by atoms with Crippen molar-refractivity contribution in [1.29, 1.82) is 0 Å². The molecule has 1 heterocycles. The second-order valence-corrected chi connectivity index (χ2v) is 2.42. The van der Waals surface area contributed by atoms with E-state index in [9.17, 15) is 0 Å². The Hall–Kier alpha value is -0.370. The third-order valence-corrected chi connectivity index (χ3v) is 1.46. The van der Waals surface area contributed by atoms with E-state index in [0.29, 0.717) is 0 Å². The van der Waals surface area contributed by atoms with Crippen LogP contribution in [0.1, 0.15) is 10.7 Å². The summed E-state index contributed by atoms with van der Waals surface area (Å²) in [4.78, 5) is 4.07. The van der Waals surface area contributed by atoms with E-state index in [-0.39, 0.29) is 0 Å². The first-order valence-electron chi connectivity index (χ1n) is 2.11. The number of thiazole rings is 1. The van der Waals surface area contributed by atoms with Gasteiger partial charge in [-0.3, -0.25) is 0 Å². The SMILES string of the molecule is Cc1[c]sc(C)n1. The molecular weight excluding hydrogens is 106 g/mol. The Morgan fingerprint density at radius 3 is 2.43 bits per heavy atom. The third kappa shape index (κ3) is 0.996. The predicted octanol–water partition coefficient (Wildman–Crippen LogP) is 1.56. The van der Waals surface area contributed by atoms with Crippen molar-refractivity contribution in [2.45, 2.75) is 13.8 Å². The van der Waals surface area contributed by atoms with Crippen LogP contribution in [0.25, 0.3) is 0 Å². The molecule has 0 N–H and O–H groups in total. The molecule has 0 aliphatic rings. The minimum absolute atomic E-state index is 1.00. The van der Waals surface area contributed by atoms with Crippen LogP contribution in [0.4, 0.5) is 0 Å². The summed E-state index contributed by atoms with van der Waals surface area (Å²) in [5.41, 5.74) is 1.00. The fourth-order valence-corrected chi connectivity index (χ4v) is 0.953. The molecular formula is C5H6NS. The molecule has 2 heteroatoms. The first-order chi connectivity index (χ1) is 3.29. The summed E-state index contributed by atoms with van der Waals surface area (Å²) in [7, 11) is 0. The normalized spacial score (nSPS) is 9.43. The Kier molecular flexibility index (Phi) is 1.11. The van der Waals surface area contributed by atoms with Crippen molar-refractivity contribution >= 4 is 11.3 Å². The van der Waals surface area contributed by atoms with Gasteiger partial charge in [-0.15, -0.1) is 11.3 Å². The summed E-state index contributed by atoms with van der Waals surface area (Å²) < 4.78 is 0. The van der Waals surface area contributed by atoms with Crippen LogP contribution in [0.5, 0.6) is 0 Å². The molecule has 1 aromatic heterocycles. The maximum atomic E-state index is 4.07. The summed E-state index contributed by atoms with van der Waals surface area (Å²) in [5, 5.41) is 4.09. The maximum Gasteiger partial charge on any atom is 0.0904 e. The minimum Gasteiger partial charge on any atom is -0.246 e. The second-order valence-electron chi connectivity index (χ2n) is 1.42. The zero-order valence-electron chi connectivity index (χ0n) is 4.36. The molecule has 0 saturated heterocycles. The Morgan fingerprint density at radius 2 is 2.29 bits per heavy atom. The highest BCUT2D eigenvalue weighted by molar-refractivity contribution is 7.09. The molecule has 37 valence electrons. The van der Waals surface area contributed by atoms with Gasteiger partial charge in [0.25, 0.3) is 0 Å². The van der Waals surface area contributed by atoms with Crippen LogP contribution >= 0.6 is 11.3 Å². The Balaban J connectivity index is 3.04. The molecule has 1 radical (unpaired) electrons. The lowest BCUT2D eigenvalue weighted by molar-refractivity contribution is 1.20. The summed E-state index contributed by atoms with van der Waals surface area (Å²) in [6.45, 7) is 3.93. The van der Waals surface area contributed by atoms with Crippen LogP contribution < -0.4 is 0 Å². The molecule has 1 aromatic rings. The molecule has 7 heavy (non-hydrogen) atoms. The van der Waals surface area contributed by atoms with Crippen molar-refractivity contribution in [2.24, 2.45) is 0 Å². The Morgan fingerprint density at radius 1 is 1.57 bits per heavy atom. The first-order valence-corrected chi connectivity index (χ1v) is 2.92. The van der Waals surface area contributed by atoms with Gasteiger partial charge >= 0.3 is 0 Å². The van der Waals surface area contributed by atoms with Gasteiger partial charge in [0.2, 0.25) is 0 Å². The van der Waals surface area contributed by atoms with Gasteiger partial charge in [0.15, 0.2) is 0 Å². The fourth-order valence-electron chi connectivity index (χ4n) is 0.430. The van der Waals surface area contributed by atoms with Crippen molar-refractivity contribution in [3.8, 4) is 0 Å². The molecule has 0 aliphatic carbocycles. The smallest absolute Gasteiger partial charge is 0.0904 e. The summed E-state index contributed by atoms with van der Waals surface area (Å²) in [6, 6.07) is 0. The molecule has 1 nitrogen and oxygen atoms in total. The molecule has 1 rings (SSSR count). The molecule has 0 saturated carbocycles. The lowest BCUT2D eigenvalue weighted by Crippen LogP contribution is -1.67. The van der Waals surface area contributed by atoms with Crippen molar-refractivity contribution in [2.75, 3.05) is 0 Å². The van der Waals surface area contributed by atoms with E-state index in [4.69, 9.17) is 0 Å². The first kappa shape index (κ1) is 4.78. The second kappa shape index (κ2) is 1.62. The number of rotatable bonds is 0. The van der Waals surface area contributed by atoms with Gasteiger partial charge in [0.1, 0.15) is 0 Å². The average molecular weight is 112 g/mol. The molecule has 0 aromatic carbocycles. The van der Waals surface area contributed by atoms with E-state index in [1.54, 1.807) is 11.3 Å². The highest BCUT2D eigenvalue weighted by Crippen LogP contribution is 2.03. The van der Waals surface area contributed by atoms with Crippen LogP contribution in [0.3, 0.4) is 0 Å². The van der Waals surface area contributed by atoms with Gasteiger partial charge in [-0.2, -0.15) is 0 Å². The van der Waals surface area contributed by atoms with Gasteiger partial charge in [-0.1, -0.05) is 0 Å². The maximum absolute atomic E-state index is 4.07. The fraction of sp³-hybridized carbons (Fsp3) is 0.400. The topological polar surface area (TPSA) is 12.9 Å². The molecule has 0 spiro atoms. The zero-order chi connectivity index (χ0) is 5.28. The van der Waals surface area contributed by atoms with Crippen LogP contribution in [0, 0.1) is 19.2 Å². The van der Waals surface area contributed by atoms with Crippen LogP contribution in [-0.4, -0.2) is 4.98 Å². The van der Waals surface area contributed by atoms with E-state index >= 15 is 0 Å². The van der Waals surface area contributed by atoms with E-state index in [0.717, 1.165) is 10.7 Å². The van der Waals surface area contributed by atoms with E-state index in [1.165, 1.54) is 0 Å². The zero-order valence-corrected chi connectivity index (χ0v) is 5.17. The van der Waals surface area contributed by atoms with Gasteiger partial charge in [0.05, 0.1) is 16.1 Å². The third-order valence-electron chi connectivity index (χ3n) is 0.672. The minimum atomic E-state index is 1.00. The largest absolute Gasteiger partial charge is 0.246 e. The number of hydrogen-bond donors (Lipinski definition) is 0. The molecule has 0 bridgehead atoms. The Bertz CT molecular complexity index is 140. The molecule has 0 amide bonds. The lowest BCUT2D eigenvalue weighted by Gasteiger charge is -1.70.